The van der Waals surface area contributed by atoms with Crippen molar-refractivity contribution >= 4 is 5.69 Å². The summed E-state index contributed by atoms with van der Waals surface area (Å²) in [7, 11) is 0. The van der Waals surface area contributed by atoms with E-state index in [0.717, 1.165) is 12.5 Å². The topological polar surface area (TPSA) is 12.0 Å². The number of benzene rings is 2. The second-order valence-electron chi connectivity index (χ2n) is 5.20. The molecular weight excluding hydrogens is 218 g/mol. The first-order valence-electron chi connectivity index (χ1n) is 6.71. The zero-order valence-electron chi connectivity index (χ0n) is 10.8. The van der Waals surface area contributed by atoms with Crippen LogP contribution in [0.1, 0.15) is 35.4 Å². The Labute approximate surface area is 109 Å². The number of nitrogens with one attached hydrogen (secondary N) is 1. The van der Waals surface area contributed by atoms with Gasteiger partial charge in [-0.2, -0.15) is 0 Å². The molecule has 0 aliphatic heterocycles. The molecule has 0 atom stereocenters. The van der Waals surface area contributed by atoms with Gasteiger partial charge in [0.15, 0.2) is 0 Å². The maximum atomic E-state index is 3.52. The second kappa shape index (κ2) is 4.85. The molecule has 1 aliphatic carbocycles. The molecule has 92 valence electrons. The SMILES string of the molecule is Cc1cccc(NCc2ccccc2C2CC2)c1. The van der Waals surface area contributed by atoms with Gasteiger partial charge >= 0.3 is 0 Å². The lowest BCUT2D eigenvalue weighted by Gasteiger charge is -2.11. The summed E-state index contributed by atoms with van der Waals surface area (Å²) >= 11 is 0. The van der Waals surface area contributed by atoms with Gasteiger partial charge in [0.1, 0.15) is 0 Å². The van der Waals surface area contributed by atoms with Crippen LogP contribution in [0.5, 0.6) is 0 Å². The van der Waals surface area contributed by atoms with Crippen LogP contribution < -0.4 is 5.32 Å². The maximum absolute atomic E-state index is 3.52. The molecule has 2 aromatic rings. The van der Waals surface area contributed by atoms with E-state index >= 15 is 0 Å². The Morgan fingerprint density at radius 1 is 1.06 bits per heavy atom. The van der Waals surface area contributed by atoms with Crippen molar-refractivity contribution in [3.05, 3.63) is 65.2 Å². The molecule has 3 rings (SSSR count). The van der Waals surface area contributed by atoms with Gasteiger partial charge in [0.25, 0.3) is 0 Å². The van der Waals surface area contributed by atoms with Crippen LogP contribution in [0, 0.1) is 6.92 Å². The van der Waals surface area contributed by atoms with Gasteiger partial charge in [-0.15, -0.1) is 0 Å². The zero-order chi connectivity index (χ0) is 12.4. The number of hydrogen-bond acceptors (Lipinski definition) is 1. The fraction of sp³-hybridized carbons (Fsp3) is 0.294. The molecule has 1 saturated carbocycles. The molecule has 18 heavy (non-hydrogen) atoms. The fourth-order valence-corrected chi connectivity index (χ4v) is 2.44. The Morgan fingerprint density at radius 3 is 2.67 bits per heavy atom. The Hall–Kier alpha value is -1.76. The molecule has 0 bridgehead atoms. The van der Waals surface area contributed by atoms with Crippen molar-refractivity contribution in [2.24, 2.45) is 0 Å². The van der Waals surface area contributed by atoms with Gasteiger partial charge in [0.05, 0.1) is 0 Å². The fourth-order valence-electron chi connectivity index (χ4n) is 2.44. The first kappa shape index (κ1) is 11.3. The highest BCUT2D eigenvalue weighted by molar-refractivity contribution is 5.47. The van der Waals surface area contributed by atoms with E-state index in [-0.39, 0.29) is 0 Å². The third-order valence-corrected chi connectivity index (χ3v) is 3.57. The van der Waals surface area contributed by atoms with Gasteiger partial charge in [-0.1, -0.05) is 36.4 Å². The molecular formula is C17H19N. The summed E-state index contributed by atoms with van der Waals surface area (Å²) in [6, 6.07) is 17.4. The van der Waals surface area contributed by atoms with E-state index in [1.54, 1.807) is 0 Å². The largest absolute Gasteiger partial charge is 0.381 e. The number of anilines is 1. The Morgan fingerprint density at radius 2 is 1.89 bits per heavy atom. The van der Waals surface area contributed by atoms with E-state index in [9.17, 15) is 0 Å². The van der Waals surface area contributed by atoms with Gasteiger partial charge in [-0.05, 0) is 54.5 Å². The Bertz CT molecular complexity index is 541. The van der Waals surface area contributed by atoms with Crippen molar-refractivity contribution in [3.8, 4) is 0 Å². The van der Waals surface area contributed by atoms with E-state index < -0.39 is 0 Å². The van der Waals surface area contributed by atoms with E-state index in [1.807, 2.05) is 0 Å². The minimum Gasteiger partial charge on any atom is -0.381 e. The van der Waals surface area contributed by atoms with Crippen molar-refractivity contribution in [2.45, 2.75) is 32.2 Å². The monoisotopic (exact) mass is 237 g/mol. The summed E-state index contributed by atoms with van der Waals surface area (Å²) in [6.45, 7) is 3.06. The lowest BCUT2D eigenvalue weighted by molar-refractivity contribution is 1.03. The molecule has 2 aromatic carbocycles. The van der Waals surface area contributed by atoms with Crippen LogP contribution in [-0.4, -0.2) is 0 Å². The Balaban J connectivity index is 1.73. The molecule has 0 saturated heterocycles. The van der Waals surface area contributed by atoms with E-state index in [4.69, 9.17) is 0 Å². The van der Waals surface area contributed by atoms with Crippen LogP contribution in [0.2, 0.25) is 0 Å². The smallest absolute Gasteiger partial charge is 0.0403 e. The standard InChI is InChI=1S/C17H19N/c1-13-5-4-7-16(11-13)18-12-15-6-2-3-8-17(15)14-9-10-14/h2-8,11,14,18H,9-10,12H2,1H3. The minimum absolute atomic E-state index is 0.820. The zero-order valence-corrected chi connectivity index (χ0v) is 10.8. The number of aryl methyl sites for hydroxylation is 1. The molecule has 1 fully saturated rings. The van der Waals surface area contributed by atoms with Crippen LogP contribution in [0.3, 0.4) is 0 Å². The molecule has 1 heteroatoms. The normalized spacial score (nSPS) is 14.5. The third kappa shape index (κ3) is 2.56. The summed E-state index contributed by atoms with van der Waals surface area (Å²) in [5, 5.41) is 3.52. The van der Waals surface area contributed by atoms with Crippen LogP contribution in [0.4, 0.5) is 5.69 Å². The molecule has 1 N–H and O–H groups in total. The molecule has 1 aliphatic rings. The summed E-state index contributed by atoms with van der Waals surface area (Å²) in [4.78, 5) is 0. The van der Waals surface area contributed by atoms with Gasteiger partial charge in [-0.25, -0.2) is 0 Å². The van der Waals surface area contributed by atoms with Crippen molar-refractivity contribution in [3.63, 3.8) is 0 Å². The predicted molar refractivity (Wildman–Crippen MR) is 76.9 cm³/mol. The maximum Gasteiger partial charge on any atom is 0.0403 e. The van der Waals surface area contributed by atoms with E-state index in [2.05, 4.69) is 60.8 Å². The van der Waals surface area contributed by atoms with Gasteiger partial charge in [0, 0.05) is 12.2 Å². The van der Waals surface area contributed by atoms with E-state index in [1.165, 1.54) is 35.2 Å². The van der Waals surface area contributed by atoms with Crippen molar-refractivity contribution < 1.29 is 0 Å². The minimum atomic E-state index is 0.820. The third-order valence-electron chi connectivity index (χ3n) is 3.57. The first-order chi connectivity index (χ1) is 8.83. The predicted octanol–water partition coefficient (Wildman–Crippen LogP) is 4.48. The summed E-state index contributed by atoms with van der Waals surface area (Å²) in [6.07, 6.45) is 2.73. The molecule has 0 spiro atoms. The first-order valence-corrected chi connectivity index (χ1v) is 6.71. The van der Waals surface area contributed by atoms with Crippen molar-refractivity contribution in [2.75, 3.05) is 5.32 Å². The highest BCUT2D eigenvalue weighted by atomic mass is 14.9. The molecule has 0 heterocycles. The molecule has 0 amide bonds. The highest BCUT2D eigenvalue weighted by Crippen LogP contribution is 2.41. The summed E-state index contributed by atoms with van der Waals surface area (Å²) < 4.78 is 0. The average Bonchev–Trinajstić information content (AvgIpc) is 3.21. The summed E-state index contributed by atoms with van der Waals surface area (Å²) in [5.41, 5.74) is 5.50. The Kier molecular flexibility index (Phi) is 3.06. The molecule has 0 aromatic heterocycles. The lowest BCUT2D eigenvalue weighted by Crippen LogP contribution is -2.02. The number of hydrogen-bond donors (Lipinski definition) is 1. The highest BCUT2D eigenvalue weighted by Gasteiger charge is 2.25. The molecule has 0 unspecified atom stereocenters. The van der Waals surface area contributed by atoms with Crippen molar-refractivity contribution in [1.82, 2.24) is 0 Å². The summed E-state index contributed by atoms with van der Waals surface area (Å²) in [5.74, 6) is 0.820. The van der Waals surface area contributed by atoms with Crippen LogP contribution in [0.15, 0.2) is 48.5 Å². The van der Waals surface area contributed by atoms with Crippen LogP contribution >= 0.6 is 0 Å². The second-order valence-corrected chi connectivity index (χ2v) is 5.20. The van der Waals surface area contributed by atoms with Gasteiger partial charge in [0.2, 0.25) is 0 Å². The van der Waals surface area contributed by atoms with Gasteiger partial charge in [-0.3, -0.25) is 0 Å². The molecule has 0 radical (unpaired) electrons. The van der Waals surface area contributed by atoms with Crippen molar-refractivity contribution in [1.29, 1.82) is 0 Å². The number of rotatable bonds is 4. The van der Waals surface area contributed by atoms with Crippen LogP contribution in [-0.2, 0) is 6.54 Å². The van der Waals surface area contributed by atoms with Gasteiger partial charge < -0.3 is 5.32 Å². The molecule has 1 nitrogen and oxygen atoms in total. The van der Waals surface area contributed by atoms with E-state index in [0.29, 0.717) is 0 Å². The quantitative estimate of drug-likeness (QED) is 0.826. The van der Waals surface area contributed by atoms with Crippen LogP contribution in [0.25, 0.3) is 0 Å². The lowest BCUT2D eigenvalue weighted by atomic mass is 10.0. The average molecular weight is 237 g/mol.